The lowest BCUT2D eigenvalue weighted by atomic mass is 9.89. The summed E-state index contributed by atoms with van der Waals surface area (Å²) in [5.41, 5.74) is 5.37. The summed E-state index contributed by atoms with van der Waals surface area (Å²) in [6, 6.07) is 15.6. The summed E-state index contributed by atoms with van der Waals surface area (Å²) in [5, 5.41) is 6.90. The maximum atomic E-state index is 12.9. The lowest BCUT2D eigenvalue weighted by molar-refractivity contribution is -0.138. The molecule has 26 heavy (non-hydrogen) atoms. The van der Waals surface area contributed by atoms with Gasteiger partial charge in [0, 0.05) is 0 Å². The van der Waals surface area contributed by atoms with Gasteiger partial charge in [-0.2, -0.15) is 0 Å². The minimum atomic E-state index is -0.363. The van der Waals surface area contributed by atoms with Crippen molar-refractivity contribution in [2.45, 2.75) is 26.8 Å². The largest absolute Gasteiger partial charge is 0.463 e. The molecule has 134 valence electrons. The van der Waals surface area contributed by atoms with Crippen LogP contribution in [-0.2, 0) is 9.53 Å². The molecule has 0 fully saturated rings. The van der Waals surface area contributed by atoms with E-state index in [1.807, 2.05) is 51.1 Å². The second kappa shape index (κ2) is 7.70. The molecule has 1 aliphatic rings. The summed E-state index contributed by atoms with van der Waals surface area (Å²) >= 11 is 5.43. The third-order valence-corrected chi connectivity index (χ3v) is 4.60. The molecule has 0 saturated carbocycles. The highest BCUT2D eigenvalue weighted by atomic mass is 32.1. The first-order valence-electron chi connectivity index (χ1n) is 8.62. The molecule has 0 saturated heterocycles. The SMILES string of the molecule is CCOC(=O)C1=C(c2ccccc2)NC(=S)N[C@@H]1c1cc(C)ccc1C. The van der Waals surface area contributed by atoms with E-state index in [9.17, 15) is 4.79 Å². The monoisotopic (exact) mass is 366 g/mol. The van der Waals surface area contributed by atoms with Gasteiger partial charge in [0.05, 0.1) is 23.9 Å². The first-order chi connectivity index (χ1) is 12.5. The summed E-state index contributed by atoms with van der Waals surface area (Å²) in [5.74, 6) is -0.347. The van der Waals surface area contributed by atoms with Crippen LogP contribution in [0.1, 0.15) is 35.2 Å². The average molecular weight is 366 g/mol. The standard InChI is InChI=1S/C21H22N2O2S/c1-4-25-20(24)17-18(15-8-6-5-7-9-15)22-21(26)23-19(17)16-12-13(2)10-11-14(16)3/h5-12,19H,4H2,1-3H3,(H2,22,23,26)/t19-/m1/s1. The van der Waals surface area contributed by atoms with Crippen molar-refractivity contribution < 1.29 is 9.53 Å². The Morgan fingerprint density at radius 2 is 1.88 bits per heavy atom. The predicted octanol–water partition coefficient (Wildman–Crippen LogP) is 3.80. The molecule has 1 heterocycles. The van der Waals surface area contributed by atoms with Crippen molar-refractivity contribution in [1.82, 2.24) is 10.6 Å². The van der Waals surface area contributed by atoms with E-state index in [4.69, 9.17) is 17.0 Å². The number of rotatable bonds is 4. The Kier molecular flexibility index (Phi) is 5.38. The Labute approximate surface area is 159 Å². The van der Waals surface area contributed by atoms with Crippen molar-refractivity contribution in [3.63, 3.8) is 0 Å². The first-order valence-corrected chi connectivity index (χ1v) is 9.03. The fraction of sp³-hybridized carbons (Fsp3) is 0.238. The zero-order chi connectivity index (χ0) is 18.7. The van der Waals surface area contributed by atoms with E-state index in [1.165, 1.54) is 0 Å². The van der Waals surface area contributed by atoms with Crippen LogP contribution in [0.4, 0.5) is 0 Å². The van der Waals surface area contributed by atoms with Crippen molar-refractivity contribution in [3.8, 4) is 0 Å². The number of nitrogens with one attached hydrogen (secondary N) is 2. The average Bonchev–Trinajstić information content (AvgIpc) is 2.64. The number of thiocarbonyl (C=S) groups is 1. The van der Waals surface area contributed by atoms with E-state index in [1.54, 1.807) is 0 Å². The molecule has 0 amide bonds. The maximum Gasteiger partial charge on any atom is 0.338 e. The lowest BCUT2D eigenvalue weighted by Crippen LogP contribution is -2.45. The minimum absolute atomic E-state index is 0.314. The van der Waals surface area contributed by atoms with Crippen LogP contribution >= 0.6 is 12.2 Å². The number of hydrogen-bond donors (Lipinski definition) is 2. The van der Waals surface area contributed by atoms with Crippen LogP contribution in [0.3, 0.4) is 0 Å². The van der Waals surface area contributed by atoms with Crippen molar-refractivity contribution in [2.75, 3.05) is 6.61 Å². The van der Waals surface area contributed by atoms with Crippen molar-refractivity contribution >= 4 is 29.0 Å². The van der Waals surface area contributed by atoms with Gasteiger partial charge in [0.25, 0.3) is 0 Å². The Hall–Kier alpha value is -2.66. The molecule has 5 heteroatoms. The van der Waals surface area contributed by atoms with Crippen LogP contribution < -0.4 is 10.6 Å². The van der Waals surface area contributed by atoms with Gasteiger partial charge < -0.3 is 15.4 Å². The molecule has 0 unspecified atom stereocenters. The van der Waals surface area contributed by atoms with Gasteiger partial charge in [-0.25, -0.2) is 4.79 Å². The maximum absolute atomic E-state index is 12.9. The van der Waals surface area contributed by atoms with E-state index >= 15 is 0 Å². The minimum Gasteiger partial charge on any atom is -0.463 e. The van der Waals surface area contributed by atoms with Gasteiger partial charge in [0.2, 0.25) is 0 Å². The highest BCUT2D eigenvalue weighted by molar-refractivity contribution is 7.80. The summed E-state index contributed by atoms with van der Waals surface area (Å²) in [6.45, 7) is 6.19. The molecule has 0 spiro atoms. The van der Waals surface area contributed by atoms with Crippen LogP contribution in [0.25, 0.3) is 5.70 Å². The zero-order valence-electron chi connectivity index (χ0n) is 15.1. The number of esters is 1. The predicted molar refractivity (Wildman–Crippen MR) is 108 cm³/mol. The van der Waals surface area contributed by atoms with E-state index in [2.05, 4.69) is 28.8 Å². The number of aryl methyl sites for hydroxylation is 2. The van der Waals surface area contributed by atoms with E-state index in [-0.39, 0.29) is 12.0 Å². The van der Waals surface area contributed by atoms with Crippen molar-refractivity contribution in [2.24, 2.45) is 0 Å². The number of hydrogen-bond acceptors (Lipinski definition) is 3. The van der Waals surface area contributed by atoms with Crippen LogP contribution in [-0.4, -0.2) is 17.7 Å². The van der Waals surface area contributed by atoms with Gasteiger partial charge in [-0.1, -0.05) is 54.1 Å². The summed E-state index contributed by atoms with van der Waals surface area (Å²) in [6.07, 6.45) is 0. The number of benzene rings is 2. The molecule has 2 aromatic rings. The van der Waals surface area contributed by atoms with Gasteiger partial charge in [-0.05, 0) is 49.7 Å². The Bertz CT molecular complexity index is 875. The molecule has 2 aromatic carbocycles. The third-order valence-electron chi connectivity index (χ3n) is 4.38. The van der Waals surface area contributed by atoms with E-state index < -0.39 is 0 Å². The van der Waals surface area contributed by atoms with Crippen LogP contribution in [0.5, 0.6) is 0 Å². The molecule has 4 nitrogen and oxygen atoms in total. The number of ether oxygens (including phenoxy) is 1. The molecule has 0 aliphatic carbocycles. The smallest absolute Gasteiger partial charge is 0.338 e. The molecule has 0 bridgehead atoms. The number of carbonyl (C=O) groups excluding carboxylic acids is 1. The van der Waals surface area contributed by atoms with E-state index in [0.29, 0.717) is 23.0 Å². The lowest BCUT2D eigenvalue weighted by Gasteiger charge is -2.32. The van der Waals surface area contributed by atoms with Crippen LogP contribution in [0.2, 0.25) is 0 Å². The molecule has 1 atom stereocenters. The Balaban J connectivity index is 2.22. The van der Waals surface area contributed by atoms with Gasteiger partial charge in [0.15, 0.2) is 5.11 Å². The van der Waals surface area contributed by atoms with Gasteiger partial charge in [-0.3, -0.25) is 0 Å². The van der Waals surface area contributed by atoms with Gasteiger partial charge in [-0.15, -0.1) is 0 Å². The molecular formula is C21H22N2O2S. The Morgan fingerprint density at radius 3 is 2.58 bits per heavy atom. The molecule has 1 aliphatic heterocycles. The normalized spacial score (nSPS) is 16.7. The first kappa shape index (κ1) is 18.1. The number of carbonyl (C=O) groups is 1. The summed E-state index contributed by atoms with van der Waals surface area (Å²) in [4.78, 5) is 12.9. The van der Waals surface area contributed by atoms with Crippen LogP contribution in [0, 0.1) is 13.8 Å². The van der Waals surface area contributed by atoms with E-state index in [0.717, 1.165) is 22.3 Å². The second-order valence-electron chi connectivity index (χ2n) is 6.27. The molecular weight excluding hydrogens is 344 g/mol. The quantitative estimate of drug-likeness (QED) is 0.637. The fourth-order valence-corrected chi connectivity index (χ4v) is 3.35. The second-order valence-corrected chi connectivity index (χ2v) is 6.67. The highest BCUT2D eigenvalue weighted by Gasteiger charge is 2.33. The van der Waals surface area contributed by atoms with Gasteiger partial charge >= 0.3 is 5.97 Å². The topological polar surface area (TPSA) is 50.4 Å². The molecule has 2 N–H and O–H groups in total. The highest BCUT2D eigenvalue weighted by Crippen LogP contribution is 2.33. The van der Waals surface area contributed by atoms with Crippen molar-refractivity contribution in [1.29, 1.82) is 0 Å². The summed E-state index contributed by atoms with van der Waals surface area (Å²) < 4.78 is 5.37. The molecule has 0 radical (unpaired) electrons. The summed E-state index contributed by atoms with van der Waals surface area (Å²) in [7, 11) is 0. The molecule has 0 aromatic heterocycles. The van der Waals surface area contributed by atoms with Crippen molar-refractivity contribution in [3.05, 3.63) is 76.4 Å². The van der Waals surface area contributed by atoms with Gasteiger partial charge in [0.1, 0.15) is 0 Å². The molecule has 3 rings (SSSR count). The van der Waals surface area contributed by atoms with Crippen LogP contribution in [0.15, 0.2) is 54.1 Å². The third kappa shape index (κ3) is 3.63. The fourth-order valence-electron chi connectivity index (χ4n) is 3.13. The Morgan fingerprint density at radius 1 is 1.15 bits per heavy atom. The zero-order valence-corrected chi connectivity index (χ0v) is 15.9.